The predicted molar refractivity (Wildman–Crippen MR) is 59.0 cm³/mol. The van der Waals surface area contributed by atoms with Crippen molar-refractivity contribution in [2.45, 2.75) is 12.7 Å². The Morgan fingerprint density at radius 1 is 1.41 bits per heavy atom. The molecule has 0 saturated carbocycles. The molecule has 0 aromatic carbocycles. The van der Waals surface area contributed by atoms with Gasteiger partial charge in [-0.3, -0.25) is 0 Å². The van der Waals surface area contributed by atoms with Gasteiger partial charge in [-0.15, -0.1) is 0 Å². The highest BCUT2D eigenvalue weighted by Gasteiger charge is 2.36. The van der Waals surface area contributed by atoms with E-state index in [1.54, 1.807) is 19.1 Å². The van der Waals surface area contributed by atoms with Crippen LogP contribution in [0.5, 0.6) is 0 Å². The van der Waals surface area contributed by atoms with Gasteiger partial charge in [0.05, 0.1) is 20.3 Å². The van der Waals surface area contributed by atoms with Crippen molar-refractivity contribution in [2.24, 2.45) is 0 Å². The van der Waals surface area contributed by atoms with Gasteiger partial charge in [0.25, 0.3) is 0 Å². The molecule has 1 aromatic heterocycles. The monoisotopic (exact) mass is 238 g/mol. The van der Waals surface area contributed by atoms with E-state index in [2.05, 4.69) is 4.74 Å². The van der Waals surface area contributed by atoms with Crippen LogP contribution < -0.4 is 0 Å². The summed E-state index contributed by atoms with van der Waals surface area (Å²) in [5, 5.41) is 0. The van der Waals surface area contributed by atoms with Crippen molar-refractivity contribution in [2.75, 3.05) is 20.3 Å². The Labute approximate surface area is 99.0 Å². The molecular weight excluding hydrogens is 224 g/mol. The fraction of sp³-hybridized carbons (Fsp3) is 0.417. The molecule has 0 amide bonds. The number of hydrogen-bond donors (Lipinski definition) is 0. The molecule has 5 nitrogen and oxygen atoms in total. The first-order valence-corrected chi connectivity index (χ1v) is 5.28. The van der Waals surface area contributed by atoms with Crippen LogP contribution in [0.2, 0.25) is 0 Å². The van der Waals surface area contributed by atoms with Crippen LogP contribution >= 0.6 is 0 Å². The number of hydrogen-bond acceptors (Lipinski definition) is 5. The smallest absolute Gasteiger partial charge is 0.330 e. The normalized spacial score (nSPS) is 18.7. The van der Waals surface area contributed by atoms with Gasteiger partial charge in [0.2, 0.25) is 5.79 Å². The van der Waals surface area contributed by atoms with Gasteiger partial charge in [0.15, 0.2) is 5.76 Å². The van der Waals surface area contributed by atoms with Crippen molar-refractivity contribution >= 4 is 12.0 Å². The largest absolute Gasteiger partial charge is 0.466 e. The molecule has 92 valence electrons. The van der Waals surface area contributed by atoms with Crippen LogP contribution in [0.3, 0.4) is 0 Å². The third kappa shape index (κ3) is 2.57. The van der Waals surface area contributed by atoms with Crippen molar-refractivity contribution in [1.29, 1.82) is 0 Å². The molecule has 0 bridgehead atoms. The van der Waals surface area contributed by atoms with E-state index in [1.165, 1.54) is 19.3 Å². The molecule has 0 spiro atoms. The van der Waals surface area contributed by atoms with Gasteiger partial charge in [0.1, 0.15) is 5.76 Å². The number of carbonyl (C=O) groups is 1. The van der Waals surface area contributed by atoms with Crippen LogP contribution in [-0.2, 0) is 24.8 Å². The quantitative estimate of drug-likeness (QED) is 0.592. The average Bonchev–Trinajstić information content (AvgIpc) is 2.95. The van der Waals surface area contributed by atoms with E-state index in [-0.39, 0.29) is 0 Å². The van der Waals surface area contributed by atoms with E-state index in [0.29, 0.717) is 24.7 Å². The van der Waals surface area contributed by atoms with E-state index in [0.717, 1.165) is 0 Å². The van der Waals surface area contributed by atoms with E-state index in [9.17, 15) is 4.79 Å². The summed E-state index contributed by atoms with van der Waals surface area (Å²) in [7, 11) is 1.32. The summed E-state index contributed by atoms with van der Waals surface area (Å²) < 4.78 is 20.9. The molecule has 0 radical (unpaired) electrons. The number of rotatable bonds is 3. The Balaban J connectivity index is 2.10. The summed E-state index contributed by atoms with van der Waals surface area (Å²) in [4.78, 5) is 10.9. The first-order chi connectivity index (χ1) is 8.14. The lowest BCUT2D eigenvalue weighted by Crippen LogP contribution is -2.21. The number of ether oxygens (including phenoxy) is 3. The number of methoxy groups -OCH3 is 1. The van der Waals surface area contributed by atoms with E-state index in [1.807, 2.05) is 0 Å². The minimum Gasteiger partial charge on any atom is -0.466 e. The molecule has 2 heterocycles. The Hall–Kier alpha value is -1.59. The fourth-order valence-corrected chi connectivity index (χ4v) is 1.56. The molecule has 0 atom stereocenters. The maximum Gasteiger partial charge on any atom is 0.330 e. The Morgan fingerprint density at radius 2 is 2.12 bits per heavy atom. The van der Waals surface area contributed by atoms with Crippen LogP contribution in [-0.4, -0.2) is 26.3 Å². The summed E-state index contributed by atoms with van der Waals surface area (Å²) in [6, 6.07) is 3.51. The van der Waals surface area contributed by atoms with Crippen LogP contribution in [0.1, 0.15) is 18.4 Å². The molecule has 0 aliphatic carbocycles. The SMILES string of the molecule is COC(=O)C=Cc1ccc(C2(C)OCCO2)o1. The molecule has 1 saturated heterocycles. The second-order valence-corrected chi connectivity index (χ2v) is 3.70. The molecule has 1 aliphatic rings. The zero-order valence-electron chi connectivity index (χ0n) is 9.76. The minimum absolute atomic E-state index is 0.428. The zero-order chi connectivity index (χ0) is 12.3. The standard InChI is InChI=1S/C12H14O5/c1-12(15-7-8-16-12)10-5-3-9(17-10)4-6-11(13)14-2/h3-6H,7-8H2,1-2H3. The van der Waals surface area contributed by atoms with Crippen molar-refractivity contribution in [3.8, 4) is 0 Å². The fourth-order valence-electron chi connectivity index (χ4n) is 1.56. The van der Waals surface area contributed by atoms with Gasteiger partial charge < -0.3 is 18.6 Å². The maximum atomic E-state index is 10.9. The lowest BCUT2D eigenvalue weighted by atomic mass is 10.2. The Kier molecular flexibility index (Phi) is 3.31. The van der Waals surface area contributed by atoms with E-state index in [4.69, 9.17) is 13.9 Å². The van der Waals surface area contributed by atoms with Crippen LogP contribution in [0.4, 0.5) is 0 Å². The second kappa shape index (κ2) is 4.73. The van der Waals surface area contributed by atoms with Gasteiger partial charge in [-0.1, -0.05) is 0 Å². The highest BCUT2D eigenvalue weighted by molar-refractivity contribution is 5.86. The van der Waals surface area contributed by atoms with Crippen molar-refractivity contribution < 1.29 is 23.4 Å². The molecular formula is C12H14O5. The summed E-state index contributed by atoms with van der Waals surface area (Å²) in [5.74, 6) is -0.120. The van der Waals surface area contributed by atoms with Gasteiger partial charge >= 0.3 is 5.97 Å². The maximum absolute atomic E-state index is 10.9. The van der Waals surface area contributed by atoms with Crippen molar-refractivity contribution in [1.82, 2.24) is 0 Å². The molecule has 17 heavy (non-hydrogen) atoms. The second-order valence-electron chi connectivity index (χ2n) is 3.70. The van der Waals surface area contributed by atoms with Crippen molar-refractivity contribution in [3.05, 3.63) is 29.7 Å². The molecule has 2 rings (SSSR count). The topological polar surface area (TPSA) is 57.9 Å². The third-order valence-corrected chi connectivity index (χ3v) is 2.50. The molecule has 0 unspecified atom stereocenters. The van der Waals surface area contributed by atoms with Crippen LogP contribution in [0, 0.1) is 0 Å². The highest BCUT2D eigenvalue weighted by Crippen LogP contribution is 2.32. The summed E-state index contributed by atoms with van der Waals surface area (Å²) in [5.41, 5.74) is 0. The molecule has 5 heteroatoms. The number of carbonyl (C=O) groups excluding carboxylic acids is 1. The van der Waals surface area contributed by atoms with E-state index >= 15 is 0 Å². The molecule has 1 aromatic rings. The zero-order valence-corrected chi connectivity index (χ0v) is 9.76. The minimum atomic E-state index is -0.822. The Morgan fingerprint density at radius 3 is 2.76 bits per heavy atom. The number of furan rings is 1. The summed E-state index contributed by atoms with van der Waals surface area (Å²) in [6.07, 6.45) is 2.83. The average molecular weight is 238 g/mol. The van der Waals surface area contributed by atoms with Crippen LogP contribution in [0.15, 0.2) is 22.6 Å². The number of esters is 1. The highest BCUT2D eigenvalue weighted by atomic mass is 16.7. The summed E-state index contributed by atoms with van der Waals surface area (Å²) in [6.45, 7) is 2.89. The Bertz CT molecular complexity index is 426. The van der Waals surface area contributed by atoms with Gasteiger partial charge in [-0.25, -0.2) is 4.79 Å². The van der Waals surface area contributed by atoms with E-state index < -0.39 is 11.8 Å². The lowest BCUT2D eigenvalue weighted by molar-refractivity contribution is -0.162. The molecule has 1 fully saturated rings. The van der Waals surface area contributed by atoms with Gasteiger partial charge in [-0.05, 0) is 25.1 Å². The summed E-state index contributed by atoms with van der Waals surface area (Å²) >= 11 is 0. The lowest BCUT2D eigenvalue weighted by Gasteiger charge is -2.18. The first-order valence-electron chi connectivity index (χ1n) is 5.28. The first kappa shape index (κ1) is 11.9. The predicted octanol–water partition coefficient (Wildman–Crippen LogP) is 1.69. The van der Waals surface area contributed by atoms with Crippen LogP contribution in [0.25, 0.3) is 6.08 Å². The van der Waals surface area contributed by atoms with Gasteiger partial charge in [0, 0.05) is 6.08 Å². The van der Waals surface area contributed by atoms with Crippen molar-refractivity contribution in [3.63, 3.8) is 0 Å². The van der Waals surface area contributed by atoms with Gasteiger partial charge in [-0.2, -0.15) is 0 Å². The molecule has 1 aliphatic heterocycles. The molecule has 0 N–H and O–H groups in total. The third-order valence-electron chi connectivity index (χ3n) is 2.50.